The molecule has 0 aliphatic carbocycles. The van der Waals surface area contributed by atoms with Crippen LogP contribution in [0.1, 0.15) is 23.5 Å². The third kappa shape index (κ3) is 4.26. The van der Waals surface area contributed by atoms with Crippen molar-refractivity contribution in [1.29, 1.82) is 0 Å². The Bertz CT molecular complexity index is 1720. The fourth-order valence-corrected chi connectivity index (χ4v) is 5.61. The van der Waals surface area contributed by atoms with Gasteiger partial charge < -0.3 is 14.3 Å². The average Bonchev–Trinajstić information content (AvgIpc) is 3.54. The molecule has 4 aromatic carbocycles. The van der Waals surface area contributed by atoms with E-state index in [4.69, 9.17) is 14.1 Å². The van der Waals surface area contributed by atoms with Gasteiger partial charge in [0.2, 0.25) is 6.10 Å². The highest BCUT2D eigenvalue weighted by Crippen LogP contribution is 2.40. The zero-order chi connectivity index (χ0) is 25.4. The highest BCUT2D eigenvalue weighted by Gasteiger charge is 2.22. The second kappa shape index (κ2) is 9.56. The molecule has 1 N–H and O–H groups in total. The van der Waals surface area contributed by atoms with E-state index >= 15 is 0 Å². The van der Waals surface area contributed by atoms with Gasteiger partial charge in [0.05, 0.1) is 11.3 Å². The Kier molecular flexibility index (Phi) is 5.94. The Balaban J connectivity index is 1.34. The first-order chi connectivity index (χ1) is 18.1. The minimum atomic E-state index is -1.08. The molecule has 1 unspecified atom stereocenters. The van der Waals surface area contributed by atoms with E-state index in [9.17, 15) is 9.90 Å². The zero-order valence-electron chi connectivity index (χ0n) is 20.0. The molecule has 0 bridgehead atoms. The number of carboxylic acid groups (broad SMARTS) is 1. The van der Waals surface area contributed by atoms with Crippen molar-refractivity contribution in [3.05, 3.63) is 108 Å². The minimum absolute atomic E-state index is 0.487. The molecule has 0 saturated heterocycles. The van der Waals surface area contributed by atoms with Gasteiger partial charge in [-0.1, -0.05) is 67.6 Å². The molecular formula is C31H23NO4S. The minimum Gasteiger partial charge on any atom is -0.478 e. The number of fused-ring (bicyclic) bond motifs is 3. The Hall–Kier alpha value is -4.42. The van der Waals surface area contributed by atoms with E-state index in [0.29, 0.717) is 11.3 Å². The molecule has 0 aliphatic heterocycles. The Morgan fingerprint density at radius 3 is 2.41 bits per heavy atom. The van der Waals surface area contributed by atoms with E-state index in [1.54, 1.807) is 47.7 Å². The van der Waals surface area contributed by atoms with Gasteiger partial charge in [-0.2, -0.15) is 0 Å². The number of aromatic nitrogens is 1. The molecule has 2 aromatic heterocycles. The highest BCUT2D eigenvalue weighted by molar-refractivity contribution is 7.15. The van der Waals surface area contributed by atoms with Crippen molar-refractivity contribution in [1.82, 2.24) is 4.98 Å². The highest BCUT2D eigenvalue weighted by atomic mass is 32.1. The van der Waals surface area contributed by atoms with Gasteiger partial charge in [0.1, 0.15) is 21.9 Å². The summed E-state index contributed by atoms with van der Waals surface area (Å²) in [5, 5.41) is 12.8. The molecule has 6 aromatic rings. The Morgan fingerprint density at radius 1 is 0.919 bits per heavy atom. The fraction of sp³-hybridized carbons (Fsp3) is 0.0968. The number of rotatable bonds is 7. The number of furan rings is 1. The molecule has 6 rings (SSSR count). The van der Waals surface area contributed by atoms with Gasteiger partial charge in [-0.25, -0.2) is 9.78 Å². The van der Waals surface area contributed by atoms with Crippen LogP contribution in [0.15, 0.2) is 101 Å². The van der Waals surface area contributed by atoms with Crippen molar-refractivity contribution in [2.75, 3.05) is 0 Å². The lowest BCUT2D eigenvalue weighted by Gasteiger charge is -2.15. The van der Waals surface area contributed by atoms with Gasteiger partial charge in [0.15, 0.2) is 0 Å². The number of nitrogens with zero attached hydrogens (tertiary/aromatic N) is 1. The van der Waals surface area contributed by atoms with Crippen LogP contribution in [0.25, 0.3) is 43.8 Å². The number of aryl methyl sites for hydroxylation is 1. The summed E-state index contributed by atoms with van der Waals surface area (Å²) < 4.78 is 12.1. The largest absolute Gasteiger partial charge is 0.478 e. The molecule has 182 valence electrons. The van der Waals surface area contributed by atoms with Gasteiger partial charge in [0, 0.05) is 26.8 Å². The summed E-state index contributed by atoms with van der Waals surface area (Å²) >= 11 is 1.67. The molecule has 0 aliphatic rings. The molecule has 5 nitrogen and oxygen atoms in total. The van der Waals surface area contributed by atoms with Gasteiger partial charge in [-0.3, -0.25) is 0 Å². The number of ether oxygens (including phenoxy) is 1. The lowest BCUT2D eigenvalue weighted by Crippen LogP contribution is -2.18. The predicted molar refractivity (Wildman–Crippen MR) is 147 cm³/mol. The summed E-state index contributed by atoms with van der Waals surface area (Å²) in [6.07, 6.45) is -0.232. The molecule has 0 fully saturated rings. The molecule has 0 amide bonds. The monoisotopic (exact) mass is 505 g/mol. The van der Waals surface area contributed by atoms with E-state index in [1.165, 1.54) is 4.88 Å². The molecule has 1 atom stereocenters. The maximum absolute atomic E-state index is 11.8. The maximum atomic E-state index is 11.8. The van der Waals surface area contributed by atoms with Crippen molar-refractivity contribution >= 4 is 39.2 Å². The van der Waals surface area contributed by atoms with Gasteiger partial charge in [-0.05, 0) is 42.8 Å². The fourth-order valence-electron chi connectivity index (χ4n) is 4.56. The third-order valence-electron chi connectivity index (χ3n) is 6.36. The van der Waals surface area contributed by atoms with Crippen LogP contribution in [-0.4, -0.2) is 16.1 Å². The maximum Gasteiger partial charge on any atom is 0.349 e. The number of hydrogen-bond donors (Lipinski definition) is 1. The van der Waals surface area contributed by atoms with Crippen LogP contribution < -0.4 is 4.74 Å². The first kappa shape index (κ1) is 23.0. The van der Waals surface area contributed by atoms with Crippen molar-refractivity contribution in [3.63, 3.8) is 0 Å². The van der Waals surface area contributed by atoms with E-state index in [2.05, 4.69) is 25.1 Å². The van der Waals surface area contributed by atoms with E-state index in [0.717, 1.165) is 50.2 Å². The molecule has 2 heterocycles. The van der Waals surface area contributed by atoms with Crippen molar-refractivity contribution in [3.8, 4) is 27.6 Å². The summed E-state index contributed by atoms with van der Waals surface area (Å²) in [7, 11) is 0. The smallest absolute Gasteiger partial charge is 0.349 e. The second-order valence-electron chi connectivity index (χ2n) is 8.70. The topological polar surface area (TPSA) is 72.6 Å². The molecule has 37 heavy (non-hydrogen) atoms. The standard InChI is InChI=1S/C31H23NO4S/c1-2-26-27(19-15-17-21(18-16-19)35-28(31(33)34)20-9-4-3-5-10-20)32-30(37-26)24-13-8-12-23-22-11-6-7-14-25(22)36-29(23)24/h3-18,28H,2H2,1H3,(H,33,34). The number of carboxylic acids is 1. The number of aliphatic carboxylic acids is 1. The Labute approximate surface area is 217 Å². The number of para-hydroxylation sites is 2. The second-order valence-corrected chi connectivity index (χ2v) is 9.78. The molecular weight excluding hydrogens is 482 g/mol. The number of carbonyl (C=O) groups is 1. The van der Waals surface area contributed by atoms with Crippen LogP contribution in [0.3, 0.4) is 0 Å². The summed E-state index contributed by atoms with van der Waals surface area (Å²) in [6.45, 7) is 2.12. The summed E-state index contributed by atoms with van der Waals surface area (Å²) in [5.41, 5.74) is 5.15. The first-order valence-electron chi connectivity index (χ1n) is 12.1. The zero-order valence-corrected chi connectivity index (χ0v) is 20.9. The third-order valence-corrected chi connectivity index (χ3v) is 7.59. The van der Waals surface area contributed by atoms with Gasteiger partial charge in [0.25, 0.3) is 0 Å². The quantitative estimate of drug-likeness (QED) is 0.237. The first-order valence-corrected chi connectivity index (χ1v) is 12.9. The van der Waals surface area contributed by atoms with Crippen LogP contribution >= 0.6 is 11.3 Å². The van der Waals surface area contributed by atoms with Crippen molar-refractivity contribution in [2.24, 2.45) is 0 Å². The number of hydrogen-bond acceptors (Lipinski definition) is 5. The van der Waals surface area contributed by atoms with Crippen LogP contribution in [0, 0.1) is 0 Å². The van der Waals surface area contributed by atoms with Crippen LogP contribution in [-0.2, 0) is 11.2 Å². The van der Waals surface area contributed by atoms with Crippen molar-refractivity contribution < 1.29 is 19.1 Å². The van der Waals surface area contributed by atoms with Crippen LogP contribution in [0.5, 0.6) is 5.75 Å². The predicted octanol–water partition coefficient (Wildman–Crippen LogP) is 8.14. The van der Waals surface area contributed by atoms with E-state index in [1.807, 2.05) is 42.5 Å². The lowest BCUT2D eigenvalue weighted by atomic mass is 10.1. The number of thiazole rings is 1. The average molecular weight is 506 g/mol. The van der Waals surface area contributed by atoms with E-state index < -0.39 is 12.1 Å². The summed E-state index contributed by atoms with van der Waals surface area (Å²) in [6, 6.07) is 30.6. The van der Waals surface area contributed by atoms with Crippen LogP contribution in [0.4, 0.5) is 0 Å². The van der Waals surface area contributed by atoms with E-state index in [-0.39, 0.29) is 0 Å². The van der Waals surface area contributed by atoms with Gasteiger partial charge in [-0.15, -0.1) is 11.3 Å². The van der Waals surface area contributed by atoms with Gasteiger partial charge >= 0.3 is 5.97 Å². The SMILES string of the molecule is CCc1sc(-c2cccc3c2oc2ccccc23)nc1-c1ccc(OC(C(=O)O)c2ccccc2)cc1. The molecule has 0 spiro atoms. The molecule has 0 radical (unpaired) electrons. The van der Waals surface area contributed by atoms with Crippen molar-refractivity contribution in [2.45, 2.75) is 19.4 Å². The van der Waals surface area contributed by atoms with Crippen LogP contribution in [0.2, 0.25) is 0 Å². The molecule has 6 heteroatoms. The molecule has 0 saturated carbocycles. The Morgan fingerprint density at radius 2 is 1.65 bits per heavy atom. The number of benzene rings is 4. The lowest BCUT2D eigenvalue weighted by molar-refractivity contribution is -0.145. The normalized spacial score (nSPS) is 12.1. The summed E-state index contributed by atoms with van der Waals surface area (Å²) in [4.78, 5) is 18.0. The summed E-state index contributed by atoms with van der Waals surface area (Å²) in [5.74, 6) is -0.548.